The van der Waals surface area contributed by atoms with E-state index in [-0.39, 0.29) is 12.4 Å². The Morgan fingerprint density at radius 1 is 1.24 bits per heavy atom. The predicted molar refractivity (Wildman–Crippen MR) is 86.5 cm³/mol. The van der Waals surface area contributed by atoms with Crippen molar-refractivity contribution in [2.75, 3.05) is 20.1 Å². The summed E-state index contributed by atoms with van der Waals surface area (Å²) < 4.78 is 5.47. The summed E-state index contributed by atoms with van der Waals surface area (Å²) in [5.74, 6) is 0.935. The van der Waals surface area contributed by atoms with Crippen LogP contribution in [0.4, 0.5) is 0 Å². The van der Waals surface area contributed by atoms with Crippen LogP contribution in [0.15, 0.2) is 40.9 Å². The number of nitrogens with zero attached hydrogens (tertiary/aromatic N) is 2. The molecule has 2 heterocycles. The monoisotopic (exact) mass is 307 g/mol. The molecule has 0 radical (unpaired) electrons. The van der Waals surface area contributed by atoms with Gasteiger partial charge in [0.1, 0.15) is 5.69 Å². The summed E-state index contributed by atoms with van der Waals surface area (Å²) in [5, 5.41) is 7.57. The van der Waals surface area contributed by atoms with E-state index in [1.54, 1.807) is 0 Å². The summed E-state index contributed by atoms with van der Waals surface area (Å²) in [4.78, 5) is 2.37. The Bertz CT molecular complexity index is 537. The SMILES string of the molecule is CN(Cc1cc(-c2ccccc2)no1)C1CCNCC1.Cl. The maximum Gasteiger partial charge on any atom is 0.151 e. The number of hydrogen-bond acceptors (Lipinski definition) is 4. The second-order valence-corrected chi connectivity index (χ2v) is 5.44. The van der Waals surface area contributed by atoms with E-state index >= 15 is 0 Å². The number of nitrogens with one attached hydrogen (secondary N) is 1. The Labute approximate surface area is 131 Å². The fourth-order valence-corrected chi connectivity index (χ4v) is 2.75. The Morgan fingerprint density at radius 2 is 1.95 bits per heavy atom. The van der Waals surface area contributed by atoms with Crippen LogP contribution in [0.5, 0.6) is 0 Å². The highest BCUT2D eigenvalue weighted by Crippen LogP contribution is 2.20. The fourth-order valence-electron chi connectivity index (χ4n) is 2.75. The van der Waals surface area contributed by atoms with E-state index in [4.69, 9.17) is 4.52 Å². The van der Waals surface area contributed by atoms with Gasteiger partial charge in [0.15, 0.2) is 5.76 Å². The third-order valence-corrected chi connectivity index (χ3v) is 3.97. The van der Waals surface area contributed by atoms with Gasteiger partial charge in [0, 0.05) is 17.7 Å². The minimum absolute atomic E-state index is 0. The molecule has 0 saturated carbocycles. The minimum Gasteiger partial charge on any atom is -0.359 e. The zero-order valence-electron chi connectivity index (χ0n) is 12.3. The smallest absolute Gasteiger partial charge is 0.151 e. The van der Waals surface area contributed by atoms with Crippen LogP contribution in [0.2, 0.25) is 0 Å². The molecule has 3 rings (SSSR count). The highest BCUT2D eigenvalue weighted by atomic mass is 35.5. The van der Waals surface area contributed by atoms with Crippen molar-refractivity contribution in [3.8, 4) is 11.3 Å². The molecule has 2 aromatic rings. The Kier molecular flexibility index (Phi) is 5.79. The predicted octanol–water partition coefficient (Wildman–Crippen LogP) is 2.95. The topological polar surface area (TPSA) is 41.3 Å². The van der Waals surface area contributed by atoms with Crippen molar-refractivity contribution in [3.63, 3.8) is 0 Å². The van der Waals surface area contributed by atoms with E-state index < -0.39 is 0 Å². The first-order valence-electron chi connectivity index (χ1n) is 7.25. The summed E-state index contributed by atoms with van der Waals surface area (Å²) in [7, 11) is 2.17. The number of halogens is 1. The van der Waals surface area contributed by atoms with E-state index in [0.717, 1.165) is 36.7 Å². The first kappa shape index (κ1) is 16.0. The quantitative estimate of drug-likeness (QED) is 0.943. The molecular formula is C16H22ClN3O. The van der Waals surface area contributed by atoms with Crippen molar-refractivity contribution in [1.82, 2.24) is 15.4 Å². The van der Waals surface area contributed by atoms with Gasteiger partial charge in [-0.2, -0.15) is 0 Å². The van der Waals surface area contributed by atoms with E-state index in [2.05, 4.69) is 34.6 Å². The number of piperidine rings is 1. The van der Waals surface area contributed by atoms with E-state index in [9.17, 15) is 0 Å². The molecule has 1 aliphatic rings. The molecule has 114 valence electrons. The molecule has 0 bridgehead atoms. The summed E-state index contributed by atoms with van der Waals surface area (Å²) >= 11 is 0. The second-order valence-electron chi connectivity index (χ2n) is 5.44. The molecule has 0 aliphatic carbocycles. The highest BCUT2D eigenvalue weighted by Gasteiger charge is 2.19. The molecule has 0 amide bonds. The normalized spacial score (nSPS) is 15.9. The van der Waals surface area contributed by atoms with Gasteiger partial charge in [-0.05, 0) is 33.0 Å². The van der Waals surface area contributed by atoms with Crippen LogP contribution < -0.4 is 5.32 Å². The minimum atomic E-state index is 0. The molecule has 21 heavy (non-hydrogen) atoms. The van der Waals surface area contributed by atoms with Gasteiger partial charge in [-0.3, -0.25) is 4.90 Å². The zero-order chi connectivity index (χ0) is 13.8. The molecule has 1 aromatic heterocycles. The van der Waals surface area contributed by atoms with Gasteiger partial charge in [-0.25, -0.2) is 0 Å². The molecule has 0 unspecified atom stereocenters. The average molecular weight is 308 g/mol. The number of benzene rings is 1. The van der Waals surface area contributed by atoms with Gasteiger partial charge < -0.3 is 9.84 Å². The molecule has 4 nitrogen and oxygen atoms in total. The molecule has 1 saturated heterocycles. The summed E-state index contributed by atoms with van der Waals surface area (Å²) in [6.45, 7) is 3.05. The number of hydrogen-bond donors (Lipinski definition) is 1. The summed E-state index contributed by atoms with van der Waals surface area (Å²) in [6.07, 6.45) is 2.41. The standard InChI is InChI=1S/C16H21N3O.ClH/c1-19(14-7-9-17-10-8-14)12-15-11-16(18-20-15)13-5-3-2-4-6-13;/h2-6,11,14,17H,7-10,12H2,1H3;1H. The lowest BCUT2D eigenvalue weighted by molar-refractivity contribution is 0.174. The van der Waals surface area contributed by atoms with Crippen LogP contribution in [-0.4, -0.2) is 36.2 Å². The summed E-state index contributed by atoms with van der Waals surface area (Å²) in [6, 6.07) is 12.8. The van der Waals surface area contributed by atoms with Crippen molar-refractivity contribution in [1.29, 1.82) is 0 Å². The molecule has 5 heteroatoms. The third kappa shape index (κ3) is 4.06. The van der Waals surface area contributed by atoms with E-state index in [1.165, 1.54) is 12.8 Å². The molecule has 1 N–H and O–H groups in total. The molecule has 1 fully saturated rings. The molecule has 1 aromatic carbocycles. The van der Waals surface area contributed by atoms with Crippen molar-refractivity contribution in [2.45, 2.75) is 25.4 Å². The van der Waals surface area contributed by atoms with Gasteiger partial charge in [-0.1, -0.05) is 35.5 Å². The van der Waals surface area contributed by atoms with E-state index in [1.807, 2.05) is 24.3 Å². The van der Waals surface area contributed by atoms with Crippen LogP contribution in [0.1, 0.15) is 18.6 Å². The van der Waals surface area contributed by atoms with Crippen molar-refractivity contribution in [2.24, 2.45) is 0 Å². The van der Waals surface area contributed by atoms with Crippen molar-refractivity contribution in [3.05, 3.63) is 42.2 Å². The molecule has 0 spiro atoms. The lowest BCUT2D eigenvalue weighted by atomic mass is 10.1. The van der Waals surface area contributed by atoms with Gasteiger partial charge in [0.25, 0.3) is 0 Å². The maximum atomic E-state index is 5.47. The Hall–Kier alpha value is -1.36. The molecule has 1 aliphatic heterocycles. The lowest BCUT2D eigenvalue weighted by Crippen LogP contribution is -2.40. The second kappa shape index (κ2) is 7.59. The van der Waals surface area contributed by atoms with Crippen LogP contribution in [0, 0.1) is 0 Å². The molecular weight excluding hydrogens is 286 g/mol. The van der Waals surface area contributed by atoms with Crippen molar-refractivity contribution < 1.29 is 4.52 Å². The van der Waals surface area contributed by atoms with Crippen LogP contribution in [-0.2, 0) is 6.54 Å². The highest BCUT2D eigenvalue weighted by molar-refractivity contribution is 5.85. The van der Waals surface area contributed by atoms with E-state index in [0.29, 0.717) is 6.04 Å². The van der Waals surface area contributed by atoms with Crippen LogP contribution >= 0.6 is 12.4 Å². The fraction of sp³-hybridized carbons (Fsp3) is 0.438. The first-order chi connectivity index (χ1) is 9.83. The zero-order valence-corrected chi connectivity index (χ0v) is 13.1. The third-order valence-electron chi connectivity index (χ3n) is 3.97. The molecule has 0 atom stereocenters. The maximum absolute atomic E-state index is 5.47. The first-order valence-corrected chi connectivity index (χ1v) is 7.25. The van der Waals surface area contributed by atoms with Gasteiger partial charge >= 0.3 is 0 Å². The Morgan fingerprint density at radius 3 is 2.67 bits per heavy atom. The van der Waals surface area contributed by atoms with Gasteiger partial charge in [-0.15, -0.1) is 12.4 Å². The van der Waals surface area contributed by atoms with Gasteiger partial charge in [0.05, 0.1) is 6.54 Å². The van der Waals surface area contributed by atoms with Crippen LogP contribution in [0.3, 0.4) is 0 Å². The van der Waals surface area contributed by atoms with Crippen molar-refractivity contribution >= 4 is 12.4 Å². The number of aromatic nitrogens is 1. The number of rotatable bonds is 4. The van der Waals surface area contributed by atoms with Gasteiger partial charge in [0.2, 0.25) is 0 Å². The summed E-state index contributed by atoms with van der Waals surface area (Å²) in [5.41, 5.74) is 2.02. The average Bonchev–Trinajstić information content (AvgIpc) is 2.97. The largest absolute Gasteiger partial charge is 0.359 e. The lowest BCUT2D eigenvalue weighted by Gasteiger charge is -2.30. The Balaban J connectivity index is 0.00000161. The van der Waals surface area contributed by atoms with Crippen LogP contribution in [0.25, 0.3) is 11.3 Å².